The second kappa shape index (κ2) is 5.07. The van der Waals surface area contributed by atoms with E-state index in [2.05, 4.69) is 10.2 Å². The van der Waals surface area contributed by atoms with Crippen molar-refractivity contribution in [2.75, 3.05) is 0 Å². The van der Waals surface area contributed by atoms with Crippen LogP contribution >= 0.6 is 11.8 Å². The molecule has 0 saturated heterocycles. The maximum absolute atomic E-state index is 13.6. The second-order valence-corrected chi connectivity index (χ2v) is 5.26. The van der Waals surface area contributed by atoms with E-state index in [1.54, 1.807) is 19.3 Å². The lowest BCUT2D eigenvalue weighted by molar-refractivity contribution is 0.610. The molecule has 0 aliphatic heterocycles. The van der Waals surface area contributed by atoms with Gasteiger partial charge in [0.05, 0.1) is 0 Å². The lowest BCUT2D eigenvalue weighted by atomic mass is 10.1. The van der Waals surface area contributed by atoms with Crippen molar-refractivity contribution < 1.29 is 4.39 Å². The molecule has 0 amide bonds. The van der Waals surface area contributed by atoms with Crippen LogP contribution in [0.15, 0.2) is 28.5 Å². The van der Waals surface area contributed by atoms with Gasteiger partial charge in [-0.05, 0) is 48.9 Å². The maximum atomic E-state index is 13.6. The Morgan fingerprint density at radius 2 is 2.17 bits per heavy atom. The largest absolute Gasteiger partial charge is 0.324 e. The van der Waals surface area contributed by atoms with Crippen molar-refractivity contribution in [2.45, 2.75) is 29.9 Å². The monoisotopic (exact) mass is 266 g/mol. The molecule has 0 fully saturated rings. The van der Waals surface area contributed by atoms with Gasteiger partial charge in [0.25, 0.3) is 0 Å². The van der Waals surface area contributed by atoms with Gasteiger partial charge in [0.2, 0.25) is 0 Å². The van der Waals surface area contributed by atoms with Crippen LogP contribution in [0, 0.1) is 12.7 Å². The summed E-state index contributed by atoms with van der Waals surface area (Å²) in [5.74, 6) is -0.232. The van der Waals surface area contributed by atoms with Gasteiger partial charge in [-0.3, -0.25) is 0 Å². The number of nitrogens with zero attached hydrogens (tertiary/aromatic N) is 3. The summed E-state index contributed by atoms with van der Waals surface area (Å²) in [6.45, 7) is 3.58. The average molecular weight is 266 g/mol. The fraction of sp³-hybridized carbons (Fsp3) is 0.333. The van der Waals surface area contributed by atoms with E-state index in [1.807, 2.05) is 18.5 Å². The maximum Gasteiger partial charge on any atom is 0.195 e. The van der Waals surface area contributed by atoms with Crippen LogP contribution in [0.3, 0.4) is 0 Å². The molecule has 0 saturated carbocycles. The summed E-state index contributed by atoms with van der Waals surface area (Å²) in [5, 5.41) is 8.58. The highest BCUT2D eigenvalue weighted by Crippen LogP contribution is 2.33. The van der Waals surface area contributed by atoms with Crippen LogP contribution in [-0.2, 0) is 7.05 Å². The van der Waals surface area contributed by atoms with Crippen molar-refractivity contribution in [1.29, 1.82) is 0 Å². The fourth-order valence-corrected chi connectivity index (χ4v) is 2.65. The first-order chi connectivity index (χ1) is 8.49. The van der Waals surface area contributed by atoms with Gasteiger partial charge in [0.1, 0.15) is 12.1 Å². The van der Waals surface area contributed by atoms with Gasteiger partial charge >= 0.3 is 0 Å². The molecule has 0 bridgehead atoms. The molecule has 0 aliphatic rings. The Morgan fingerprint density at radius 3 is 2.72 bits per heavy atom. The first-order valence-corrected chi connectivity index (χ1v) is 6.38. The number of halogens is 1. The summed E-state index contributed by atoms with van der Waals surface area (Å²) in [7, 11) is 1.87. The molecule has 18 heavy (non-hydrogen) atoms. The number of nitrogens with two attached hydrogens (primary N) is 1. The van der Waals surface area contributed by atoms with Gasteiger partial charge in [0, 0.05) is 18.0 Å². The number of hydrogen-bond donors (Lipinski definition) is 1. The van der Waals surface area contributed by atoms with E-state index in [0.717, 1.165) is 15.6 Å². The molecular weight excluding hydrogens is 251 g/mol. The average Bonchev–Trinajstić information content (AvgIpc) is 2.69. The summed E-state index contributed by atoms with van der Waals surface area (Å²) in [4.78, 5) is 0.917. The Balaban J connectivity index is 2.43. The van der Waals surface area contributed by atoms with Crippen molar-refractivity contribution in [3.63, 3.8) is 0 Å². The van der Waals surface area contributed by atoms with Crippen molar-refractivity contribution in [2.24, 2.45) is 12.8 Å². The van der Waals surface area contributed by atoms with Crippen LogP contribution in [0.5, 0.6) is 0 Å². The molecule has 0 radical (unpaired) electrons. The number of aryl methyl sites for hydroxylation is 2. The van der Waals surface area contributed by atoms with E-state index in [4.69, 9.17) is 5.73 Å². The normalized spacial score (nSPS) is 12.7. The van der Waals surface area contributed by atoms with Crippen LogP contribution < -0.4 is 5.73 Å². The fourth-order valence-electron chi connectivity index (χ4n) is 1.58. The first kappa shape index (κ1) is 13.0. The number of benzene rings is 1. The Bertz CT molecular complexity index is 565. The Morgan fingerprint density at radius 1 is 1.44 bits per heavy atom. The third-order valence-electron chi connectivity index (χ3n) is 2.65. The lowest BCUT2D eigenvalue weighted by Gasteiger charge is -2.13. The summed E-state index contributed by atoms with van der Waals surface area (Å²) in [6, 6.07) is 3.07. The predicted molar refractivity (Wildman–Crippen MR) is 68.9 cm³/mol. The summed E-state index contributed by atoms with van der Waals surface area (Å²) in [5.41, 5.74) is 7.26. The molecule has 4 nitrogen and oxygen atoms in total. The van der Waals surface area contributed by atoms with Crippen LogP contribution in [0.2, 0.25) is 0 Å². The Hall–Kier alpha value is -1.40. The molecule has 1 atom stereocenters. The molecule has 0 spiro atoms. The third kappa shape index (κ3) is 2.54. The van der Waals surface area contributed by atoms with Crippen molar-refractivity contribution in [3.8, 4) is 0 Å². The molecule has 0 unspecified atom stereocenters. The van der Waals surface area contributed by atoms with E-state index in [1.165, 1.54) is 17.8 Å². The van der Waals surface area contributed by atoms with Gasteiger partial charge < -0.3 is 10.3 Å². The minimum atomic E-state index is -0.232. The van der Waals surface area contributed by atoms with Crippen LogP contribution in [0.4, 0.5) is 4.39 Å². The summed E-state index contributed by atoms with van der Waals surface area (Å²) in [6.07, 6.45) is 1.63. The van der Waals surface area contributed by atoms with E-state index >= 15 is 0 Å². The zero-order valence-corrected chi connectivity index (χ0v) is 11.3. The molecule has 1 heterocycles. The molecule has 1 aromatic carbocycles. The zero-order valence-electron chi connectivity index (χ0n) is 10.5. The molecule has 1 aromatic heterocycles. The topological polar surface area (TPSA) is 56.7 Å². The first-order valence-electron chi connectivity index (χ1n) is 5.56. The lowest BCUT2D eigenvalue weighted by Crippen LogP contribution is -2.08. The SMILES string of the molecule is Cc1cc(Sc2nncn2C)c([C@H](C)N)cc1F. The smallest absolute Gasteiger partial charge is 0.195 e. The summed E-state index contributed by atoms with van der Waals surface area (Å²) >= 11 is 1.44. The van der Waals surface area contributed by atoms with Gasteiger partial charge in [-0.1, -0.05) is 0 Å². The van der Waals surface area contributed by atoms with Crippen LogP contribution in [0.1, 0.15) is 24.1 Å². The Labute approximate surface area is 109 Å². The van der Waals surface area contributed by atoms with Gasteiger partial charge in [0.15, 0.2) is 5.16 Å². The van der Waals surface area contributed by atoms with Gasteiger partial charge in [-0.15, -0.1) is 10.2 Å². The van der Waals surface area contributed by atoms with E-state index in [0.29, 0.717) is 5.56 Å². The predicted octanol–water partition coefficient (Wildman–Crippen LogP) is 2.43. The summed E-state index contributed by atoms with van der Waals surface area (Å²) < 4.78 is 15.4. The van der Waals surface area contributed by atoms with E-state index in [-0.39, 0.29) is 11.9 Å². The molecule has 6 heteroatoms. The van der Waals surface area contributed by atoms with Gasteiger partial charge in [-0.25, -0.2) is 4.39 Å². The third-order valence-corrected chi connectivity index (χ3v) is 3.78. The second-order valence-electron chi connectivity index (χ2n) is 4.25. The molecule has 0 aliphatic carbocycles. The molecular formula is C12H15FN4S. The highest BCUT2D eigenvalue weighted by atomic mass is 32.2. The van der Waals surface area contributed by atoms with Crippen molar-refractivity contribution in [1.82, 2.24) is 14.8 Å². The molecule has 96 valence electrons. The number of hydrogen-bond acceptors (Lipinski definition) is 4. The molecule has 2 rings (SSSR count). The zero-order chi connectivity index (χ0) is 13.3. The quantitative estimate of drug-likeness (QED) is 0.927. The minimum Gasteiger partial charge on any atom is -0.324 e. The highest BCUT2D eigenvalue weighted by Gasteiger charge is 2.14. The molecule has 2 N–H and O–H groups in total. The number of aromatic nitrogens is 3. The van der Waals surface area contributed by atoms with Crippen LogP contribution in [-0.4, -0.2) is 14.8 Å². The number of rotatable bonds is 3. The van der Waals surface area contributed by atoms with Crippen molar-refractivity contribution in [3.05, 3.63) is 35.4 Å². The van der Waals surface area contributed by atoms with Crippen LogP contribution in [0.25, 0.3) is 0 Å². The highest BCUT2D eigenvalue weighted by molar-refractivity contribution is 7.99. The standard InChI is InChI=1S/C12H15FN4S/c1-7-4-11(9(8(2)14)5-10(7)13)18-12-16-15-6-17(12)3/h4-6,8H,14H2,1-3H3/t8-/m0/s1. The van der Waals surface area contributed by atoms with Gasteiger partial charge in [-0.2, -0.15) is 0 Å². The van der Waals surface area contributed by atoms with E-state index in [9.17, 15) is 4.39 Å². The van der Waals surface area contributed by atoms with Crippen molar-refractivity contribution >= 4 is 11.8 Å². The molecule has 2 aromatic rings. The minimum absolute atomic E-state index is 0.226. The Kier molecular flexibility index (Phi) is 3.68. The van der Waals surface area contributed by atoms with E-state index < -0.39 is 0 Å².